The minimum Gasteiger partial charge on any atom is -0.454 e. The minimum absolute atomic E-state index is 0.112. The molecule has 0 N–H and O–H groups in total. The van der Waals surface area contributed by atoms with E-state index in [1.165, 1.54) is 50.5 Å². The van der Waals surface area contributed by atoms with Crippen molar-refractivity contribution in [1.29, 1.82) is 0 Å². The first kappa shape index (κ1) is 24.1. The molecule has 0 radical (unpaired) electrons. The lowest BCUT2D eigenvalue weighted by Gasteiger charge is -2.46. The predicted octanol–water partition coefficient (Wildman–Crippen LogP) is 8.22. The molecule has 10 rings (SSSR count). The van der Waals surface area contributed by atoms with Crippen LogP contribution in [0.3, 0.4) is 0 Å². The first-order valence-electron chi connectivity index (χ1n) is 15.3. The van der Waals surface area contributed by atoms with Crippen LogP contribution in [0.4, 0.5) is 39.8 Å². The zero-order valence-corrected chi connectivity index (χ0v) is 24.5. The Labute approximate surface area is 256 Å². The molecule has 1 aromatic heterocycles. The Balaban J connectivity index is 1.28. The van der Waals surface area contributed by atoms with Crippen LogP contribution in [-0.4, -0.2) is 12.4 Å². The van der Waals surface area contributed by atoms with Crippen molar-refractivity contribution in [3.63, 3.8) is 0 Å². The summed E-state index contributed by atoms with van der Waals surface area (Å²) in [6.07, 6.45) is 0. The highest BCUT2D eigenvalue weighted by atomic mass is 16.3. The van der Waals surface area contributed by atoms with Crippen LogP contribution in [0.25, 0.3) is 21.9 Å². The van der Waals surface area contributed by atoms with Crippen LogP contribution in [0.1, 0.15) is 13.8 Å². The molecular formula is C39H28BN3O. The Kier molecular flexibility index (Phi) is 4.57. The van der Waals surface area contributed by atoms with Gasteiger partial charge in [-0.05, 0) is 78.8 Å². The molecule has 0 saturated heterocycles. The molecule has 0 spiro atoms. The van der Waals surface area contributed by atoms with E-state index in [0.29, 0.717) is 0 Å². The standard InChI is InChI=1S/C39H28BN3O/c1-39(2)42(25-13-4-3-5-14-25)33-22-11-18-29-37(33)43(39)32-21-12-20-31-36(32)40(29)28-17-7-8-19-30(28)41(31)34-23-10-16-27-26-15-6-9-24-35(26)44-38(27)34/h3-24H,1-2H3. The molecule has 0 fully saturated rings. The van der Waals surface area contributed by atoms with Crippen molar-refractivity contribution in [1.82, 2.24) is 0 Å². The monoisotopic (exact) mass is 565 g/mol. The molecule has 0 amide bonds. The van der Waals surface area contributed by atoms with Crippen LogP contribution in [0.5, 0.6) is 0 Å². The summed E-state index contributed by atoms with van der Waals surface area (Å²) < 4.78 is 6.61. The summed E-state index contributed by atoms with van der Waals surface area (Å²) in [5, 5.41) is 2.28. The van der Waals surface area contributed by atoms with Gasteiger partial charge in [0.15, 0.2) is 5.58 Å². The summed E-state index contributed by atoms with van der Waals surface area (Å²) in [5.74, 6) is 0. The average molecular weight is 565 g/mol. The fourth-order valence-electron chi connectivity index (χ4n) is 8.26. The number of anilines is 7. The van der Waals surface area contributed by atoms with Crippen molar-refractivity contribution in [3.05, 3.63) is 133 Å². The molecule has 4 nitrogen and oxygen atoms in total. The lowest BCUT2D eigenvalue weighted by molar-refractivity contribution is 0.541. The van der Waals surface area contributed by atoms with Crippen LogP contribution in [0.15, 0.2) is 138 Å². The van der Waals surface area contributed by atoms with Gasteiger partial charge < -0.3 is 19.1 Å². The highest BCUT2D eigenvalue weighted by Gasteiger charge is 2.52. The van der Waals surface area contributed by atoms with Gasteiger partial charge in [0.2, 0.25) is 0 Å². The minimum atomic E-state index is -0.333. The lowest BCUT2D eigenvalue weighted by Crippen LogP contribution is -2.63. The van der Waals surface area contributed by atoms with Crippen molar-refractivity contribution >= 4 is 84.9 Å². The number of hydrogen-bond donors (Lipinski definition) is 0. The smallest absolute Gasteiger partial charge is 0.252 e. The summed E-state index contributed by atoms with van der Waals surface area (Å²) in [6.45, 7) is 4.79. The van der Waals surface area contributed by atoms with Gasteiger partial charge in [-0.2, -0.15) is 0 Å². The maximum absolute atomic E-state index is 6.61. The maximum Gasteiger partial charge on any atom is 0.252 e. The molecule has 5 heteroatoms. The highest BCUT2D eigenvalue weighted by Crippen LogP contribution is 2.54. The van der Waals surface area contributed by atoms with E-state index in [4.69, 9.17) is 4.42 Å². The van der Waals surface area contributed by atoms with Crippen LogP contribution in [0.2, 0.25) is 0 Å². The summed E-state index contributed by atoms with van der Waals surface area (Å²) in [7, 11) is 0. The van der Waals surface area contributed by atoms with E-state index < -0.39 is 0 Å². The number of furan rings is 1. The van der Waals surface area contributed by atoms with Gasteiger partial charge in [-0.3, -0.25) is 0 Å². The average Bonchev–Trinajstić information content (AvgIpc) is 3.56. The Morgan fingerprint density at radius 1 is 0.523 bits per heavy atom. The third-order valence-corrected chi connectivity index (χ3v) is 9.87. The fraction of sp³-hybridized carbons (Fsp3) is 0.0769. The normalized spacial score (nSPS) is 15.5. The largest absolute Gasteiger partial charge is 0.454 e. The van der Waals surface area contributed by atoms with E-state index in [1.807, 2.05) is 6.07 Å². The van der Waals surface area contributed by atoms with E-state index >= 15 is 0 Å². The van der Waals surface area contributed by atoms with E-state index in [0.717, 1.165) is 27.6 Å². The molecule has 7 aromatic rings. The van der Waals surface area contributed by atoms with E-state index in [9.17, 15) is 0 Å². The zero-order chi connectivity index (χ0) is 29.2. The molecule has 6 aromatic carbocycles. The molecule has 0 aliphatic carbocycles. The van der Waals surface area contributed by atoms with Crippen LogP contribution in [-0.2, 0) is 0 Å². The highest BCUT2D eigenvalue weighted by molar-refractivity contribution is 7.00. The summed E-state index contributed by atoms with van der Waals surface area (Å²) in [5.41, 5.74) is 14.0. The topological polar surface area (TPSA) is 22.9 Å². The van der Waals surface area contributed by atoms with Gasteiger partial charge >= 0.3 is 0 Å². The van der Waals surface area contributed by atoms with Crippen molar-refractivity contribution in [2.24, 2.45) is 0 Å². The number of para-hydroxylation sites is 5. The molecule has 4 heterocycles. The van der Waals surface area contributed by atoms with Gasteiger partial charge in [-0.1, -0.05) is 84.9 Å². The molecule has 3 aliphatic heterocycles. The molecule has 0 bridgehead atoms. The predicted molar refractivity (Wildman–Crippen MR) is 184 cm³/mol. The van der Waals surface area contributed by atoms with Gasteiger partial charge in [-0.15, -0.1) is 0 Å². The Morgan fingerprint density at radius 3 is 2.07 bits per heavy atom. The zero-order valence-electron chi connectivity index (χ0n) is 24.5. The first-order chi connectivity index (χ1) is 21.6. The van der Waals surface area contributed by atoms with E-state index in [1.54, 1.807) is 0 Å². The molecule has 208 valence electrons. The third-order valence-electron chi connectivity index (χ3n) is 9.87. The van der Waals surface area contributed by atoms with Crippen molar-refractivity contribution in [2.75, 3.05) is 14.7 Å². The van der Waals surface area contributed by atoms with Crippen LogP contribution in [0, 0.1) is 0 Å². The summed E-state index contributed by atoms with van der Waals surface area (Å²) in [4.78, 5) is 7.51. The number of nitrogens with zero attached hydrogens (tertiary/aromatic N) is 3. The van der Waals surface area contributed by atoms with Gasteiger partial charge in [0.25, 0.3) is 6.71 Å². The van der Waals surface area contributed by atoms with Gasteiger partial charge in [0.05, 0.1) is 17.1 Å². The van der Waals surface area contributed by atoms with Crippen LogP contribution >= 0.6 is 0 Å². The van der Waals surface area contributed by atoms with Gasteiger partial charge in [0, 0.05) is 33.5 Å². The molecular weight excluding hydrogens is 537 g/mol. The van der Waals surface area contributed by atoms with Gasteiger partial charge in [-0.25, -0.2) is 0 Å². The number of benzene rings is 6. The van der Waals surface area contributed by atoms with Crippen molar-refractivity contribution in [2.45, 2.75) is 19.5 Å². The van der Waals surface area contributed by atoms with Crippen molar-refractivity contribution < 1.29 is 4.42 Å². The third kappa shape index (κ3) is 2.89. The Bertz CT molecular complexity index is 2310. The number of hydrogen-bond acceptors (Lipinski definition) is 4. The van der Waals surface area contributed by atoms with Crippen LogP contribution < -0.4 is 31.1 Å². The second-order valence-corrected chi connectivity index (χ2v) is 12.5. The Hall–Kier alpha value is -5.42. The van der Waals surface area contributed by atoms with E-state index in [-0.39, 0.29) is 12.4 Å². The molecule has 0 atom stereocenters. The second kappa shape index (κ2) is 8.36. The summed E-state index contributed by atoms with van der Waals surface area (Å²) >= 11 is 0. The van der Waals surface area contributed by atoms with Crippen molar-refractivity contribution in [3.8, 4) is 0 Å². The van der Waals surface area contributed by atoms with Gasteiger partial charge in [0.1, 0.15) is 11.2 Å². The lowest BCUT2D eigenvalue weighted by atomic mass is 9.33. The SMILES string of the molecule is CC1(C)N(c2ccccc2)c2cccc3c2N1c1cccc2c1B3c1ccccc1N2c1cccc2c1oc1ccccc12. The Morgan fingerprint density at radius 2 is 1.16 bits per heavy atom. The fourth-order valence-corrected chi connectivity index (χ4v) is 8.26. The second-order valence-electron chi connectivity index (χ2n) is 12.5. The number of rotatable bonds is 2. The quantitative estimate of drug-likeness (QED) is 0.197. The first-order valence-corrected chi connectivity index (χ1v) is 15.3. The molecule has 0 unspecified atom stereocenters. The molecule has 3 aliphatic rings. The molecule has 0 saturated carbocycles. The number of fused-ring (bicyclic) bond motifs is 7. The molecule has 44 heavy (non-hydrogen) atoms. The summed E-state index contributed by atoms with van der Waals surface area (Å²) in [6, 6.07) is 48.3. The maximum atomic E-state index is 6.61. The van der Waals surface area contributed by atoms with E-state index in [2.05, 4.69) is 156 Å².